The number of phenolic OH excluding ortho intramolecular Hbond substituents is 1. The lowest BCUT2D eigenvalue weighted by atomic mass is 9.82. The molecule has 16 heavy (non-hydrogen) atoms. The molecule has 0 saturated carbocycles. The molecule has 0 fully saturated rings. The van der Waals surface area contributed by atoms with Gasteiger partial charge in [-0.05, 0) is 29.5 Å². The van der Waals surface area contributed by atoms with Crippen molar-refractivity contribution >= 4 is 10.1 Å². The Bertz CT molecular complexity index is 489. The first-order valence-corrected chi connectivity index (χ1v) is 6.43. The molecule has 0 aliphatic heterocycles. The lowest BCUT2D eigenvalue weighted by Gasteiger charge is -2.23. The Hall–Kier alpha value is -1.07. The van der Waals surface area contributed by atoms with Gasteiger partial charge in [0.15, 0.2) is 0 Å². The minimum absolute atomic E-state index is 0.201. The molecule has 1 rings (SSSR count). The topological polar surface area (TPSA) is 74.6 Å². The van der Waals surface area contributed by atoms with Crippen LogP contribution in [-0.2, 0) is 15.5 Å². The zero-order valence-electron chi connectivity index (χ0n) is 9.56. The summed E-state index contributed by atoms with van der Waals surface area (Å²) in [6.45, 7) is 5.92. The van der Waals surface area contributed by atoms with Gasteiger partial charge in [0.05, 0.1) is 0 Å². The van der Waals surface area contributed by atoms with E-state index in [1.165, 1.54) is 12.1 Å². The Kier molecular flexibility index (Phi) is 3.30. The van der Waals surface area contributed by atoms with Crippen molar-refractivity contribution in [3.8, 4) is 5.75 Å². The molecule has 0 bridgehead atoms. The van der Waals surface area contributed by atoms with Crippen LogP contribution in [0.5, 0.6) is 5.75 Å². The third-order valence-corrected chi connectivity index (χ3v) is 3.79. The Balaban J connectivity index is 3.40. The number of hydrogen-bond acceptors (Lipinski definition) is 3. The lowest BCUT2D eigenvalue weighted by molar-refractivity contribution is 0.439. The Morgan fingerprint density at radius 2 is 1.88 bits per heavy atom. The van der Waals surface area contributed by atoms with Gasteiger partial charge in [0.2, 0.25) is 0 Å². The molecule has 0 heterocycles. The van der Waals surface area contributed by atoms with Crippen molar-refractivity contribution in [2.75, 3.05) is 0 Å². The van der Waals surface area contributed by atoms with Gasteiger partial charge in [-0.1, -0.05) is 26.8 Å². The van der Waals surface area contributed by atoms with Crippen molar-refractivity contribution in [3.05, 3.63) is 23.8 Å². The van der Waals surface area contributed by atoms with Gasteiger partial charge in [0, 0.05) is 0 Å². The third kappa shape index (κ3) is 2.54. The maximum atomic E-state index is 11.0. The van der Waals surface area contributed by atoms with E-state index >= 15 is 0 Å². The molecule has 0 saturated heterocycles. The molecular weight excluding hydrogens is 228 g/mol. The van der Waals surface area contributed by atoms with Crippen molar-refractivity contribution in [2.24, 2.45) is 0 Å². The number of phenols is 1. The van der Waals surface area contributed by atoms with Crippen LogP contribution in [0, 0.1) is 0 Å². The standard InChI is InChI=1S/C11H16O4S/c1-4-11(2,3)8-5-6-9(12)10(7-8)16(13,14)15/h5-7,12H,4H2,1-3H3,(H,13,14,15). The van der Waals surface area contributed by atoms with Crippen LogP contribution in [0.1, 0.15) is 32.8 Å². The highest BCUT2D eigenvalue weighted by Crippen LogP contribution is 2.32. The van der Waals surface area contributed by atoms with Crippen LogP contribution in [0.25, 0.3) is 0 Å². The van der Waals surface area contributed by atoms with Crippen molar-refractivity contribution in [1.29, 1.82) is 0 Å². The molecule has 0 spiro atoms. The zero-order chi connectivity index (χ0) is 12.6. The van der Waals surface area contributed by atoms with E-state index < -0.39 is 20.8 Å². The monoisotopic (exact) mass is 244 g/mol. The molecule has 0 amide bonds. The second-order valence-electron chi connectivity index (χ2n) is 4.40. The summed E-state index contributed by atoms with van der Waals surface area (Å²) in [5.74, 6) is -0.432. The molecule has 1 aromatic carbocycles. The van der Waals surface area contributed by atoms with Crippen molar-refractivity contribution in [3.63, 3.8) is 0 Å². The molecule has 0 aliphatic rings. The van der Waals surface area contributed by atoms with Gasteiger partial charge in [-0.25, -0.2) is 0 Å². The van der Waals surface area contributed by atoms with E-state index in [1.54, 1.807) is 6.07 Å². The average molecular weight is 244 g/mol. The summed E-state index contributed by atoms with van der Waals surface area (Å²) >= 11 is 0. The van der Waals surface area contributed by atoms with Crippen LogP contribution in [0.3, 0.4) is 0 Å². The van der Waals surface area contributed by atoms with Crippen LogP contribution in [-0.4, -0.2) is 18.1 Å². The second-order valence-corrected chi connectivity index (χ2v) is 5.78. The minimum atomic E-state index is -4.37. The highest BCUT2D eigenvalue weighted by Gasteiger charge is 2.22. The normalized spacial score (nSPS) is 12.8. The molecule has 0 radical (unpaired) electrons. The van der Waals surface area contributed by atoms with Gasteiger partial charge in [-0.3, -0.25) is 4.55 Å². The van der Waals surface area contributed by atoms with E-state index in [9.17, 15) is 13.5 Å². The summed E-state index contributed by atoms with van der Waals surface area (Å²) in [6.07, 6.45) is 0.822. The Morgan fingerprint density at radius 1 is 1.31 bits per heavy atom. The van der Waals surface area contributed by atoms with Crippen molar-refractivity contribution in [2.45, 2.75) is 37.5 Å². The molecule has 5 heteroatoms. The number of rotatable bonds is 3. The van der Waals surface area contributed by atoms with Gasteiger partial charge in [-0.2, -0.15) is 8.42 Å². The highest BCUT2D eigenvalue weighted by molar-refractivity contribution is 7.86. The van der Waals surface area contributed by atoms with Gasteiger partial charge in [0.25, 0.3) is 10.1 Å². The van der Waals surface area contributed by atoms with Crippen molar-refractivity contribution < 1.29 is 18.1 Å². The predicted octanol–water partition coefficient (Wildman–Crippen LogP) is 2.33. The zero-order valence-corrected chi connectivity index (χ0v) is 10.4. The molecule has 4 nitrogen and oxygen atoms in total. The van der Waals surface area contributed by atoms with Gasteiger partial charge in [0.1, 0.15) is 10.6 Å². The van der Waals surface area contributed by atoms with Crippen molar-refractivity contribution in [1.82, 2.24) is 0 Å². The molecular formula is C11H16O4S. The maximum absolute atomic E-state index is 11.0. The number of aromatic hydroxyl groups is 1. The van der Waals surface area contributed by atoms with Crippen LogP contribution in [0.4, 0.5) is 0 Å². The largest absolute Gasteiger partial charge is 0.506 e. The van der Waals surface area contributed by atoms with Crippen LogP contribution in [0.2, 0.25) is 0 Å². The highest BCUT2D eigenvalue weighted by atomic mass is 32.2. The molecule has 2 N–H and O–H groups in total. The maximum Gasteiger partial charge on any atom is 0.298 e. The SMILES string of the molecule is CCC(C)(C)c1ccc(O)c(S(=O)(=O)O)c1. The van der Waals surface area contributed by atoms with E-state index in [1.807, 2.05) is 20.8 Å². The van der Waals surface area contributed by atoms with E-state index in [-0.39, 0.29) is 5.41 Å². The first kappa shape index (κ1) is 13.0. The summed E-state index contributed by atoms with van der Waals surface area (Å²) < 4.78 is 31.0. The van der Waals surface area contributed by atoms with Crippen LogP contribution >= 0.6 is 0 Å². The fourth-order valence-electron chi connectivity index (χ4n) is 1.35. The molecule has 0 atom stereocenters. The minimum Gasteiger partial charge on any atom is -0.506 e. The molecule has 1 aromatic rings. The predicted molar refractivity (Wildman–Crippen MR) is 61.2 cm³/mol. The van der Waals surface area contributed by atoms with E-state index in [0.29, 0.717) is 0 Å². The summed E-state index contributed by atoms with van der Waals surface area (Å²) in [4.78, 5) is -0.438. The summed E-state index contributed by atoms with van der Waals surface area (Å²) in [7, 11) is -4.37. The third-order valence-electron chi connectivity index (χ3n) is 2.90. The fraction of sp³-hybridized carbons (Fsp3) is 0.455. The van der Waals surface area contributed by atoms with Crippen LogP contribution < -0.4 is 0 Å². The molecule has 0 unspecified atom stereocenters. The van der Waals surface area contributed by atoms with Gasteiger partial charge >= 0.3 is 0 Å². The van der Waals surface area contributed by atoms with E-state index in [2.05, 4.69) is 0 Å². The Labute approximate surface area is 95.7 Å². The first-order valence-electron chi connectivity index (χ1n) is 4.99. The number of benzene rings is 1. The smallest absolute Gasteiger partial charge is 0.298 e. The van der Waals surface area contributed by atoms with E-state index in [4.69, 9.17) is 4.55 Å². The first-order chi connectivity index (χ1) is 7.18. The molecule has 90 valence electrons. The van der Waals surface area contributed by atoms with E-state index in [0.717, 1.165) is 12.0 Å². The molecule has 0 aromatic heterocycles. The lowest BCUT2D eigenvalue weighted by Crippen LogP contribution is -2.16. The van der Waals surface area contributed by atoms with Crippen LogP contribution in [0.15, 0.2) is 23.1 Å². The van der Waals surface area contributed by atoms with Gasteiger partial charge in [-0.15, -0.1) is 0 Å². The Morgan fingerprint density at radius 3 is 2.31 bits per heavy atom. The fourth-order valence-corrected chi connectivity index (χ4v) is 1.95. The van der Waals surface area contributed by atoms with Gasteiger partial charge < -0.3 is 5.11 Å². The molecule has 0 aliphatic carbocycles. The average Bonchev–Trinajstić information content (AvgIpc) is 2.16. The quantitative estimate of drug-likeness (QED) is 0.800. The summed E-state index contributed by atoms with van der Waals surface area (Å²) in [5.41, 5.74) is 0.563. The second kappa shape index (κ2) is 4.07. The summed E-state index contributed by atoms with van der Waals surface area (Å²) in [6, 6.07) is 4.26. The number of hydrogen-bond donors (Lipinski definition) is 2. The summed E-state index contributed by atoms with van der Waals surface area (Å²) in [5, 5.41) is 9.37.